The van der Waals surface area contributed by atoms with Crippen molar-refractivity contribution in [3.8, 4) is 0 Å². The van der Waals surface area contributed by atoms with E-state index in [1.165, 1.54) is 16.3 Å². The molecule has 1 saturated heterocycles. The van der Waals surface area contributed by atoms with Crippen LogP contribution in [0.3, 0.4) is 0 Å². The number of hydrogen-bond donors (Lipinski definition) is 0. The maximum absolute atomic E-state index is 12.6. The van der Waals surface area contributed by atoms with Gasteiger partial charge in [-0.3, -0.25) is 9.69 Å². The smallest absolute Gasteiger partial charge is 0.319 e. The van der Waals surface area contributed by atoms with Crippen molar-refractivity contribution < 1.29 is 26.7 Å². The van der Waals surface area contributed by atoms with Crippen molar-refractivity contribution >= 4 is 16.0 Å². The number of esters is 1. The van der Waals surface area contributed by atoms with Crippen LogP contribution in [0.15, 0.2) is 0 Å². The highest BCUT2D eigenvalue weighted by atomic mass is 32.2. The lowest BCUT2D eigenvalue weighted by atomic mass is 10.0. The van der Waals surface area contributed by atoms with Gasteiger partial charge in [0.15, 0.2) is 0 Å². The lowest BCUT2D eigenvalue weighted by Crippen LogP contribution is -2.49. The molecule has 1 fully saturated rings. The summed E-state index contributed by atoms with van der Waals surface area (Å²) < 4.78 is 53.7. The van der Waals surface area contributed by atoms with Crippen LogP contribution in [0.1, 0.15) is 12.8 Å². The van der Waals surface area contributed by atoms with Crippen molar-refractivity contribution in [3.63, 3.8) is 0 Å². The van der Waals surface area contributed by atoms with E-state index < -0.39 is 29.0 Å². The van der Waals surface area contributed by atoms with E-state index in [2.05, 4.69) is 4.74 Å². The summed E-state index contributed by atoms with van der Waals surface area (Å²) >= 11 is 0. The molecule has 1 aliphatic heterocycles. The number of alkyl halides is 2. The van der Waals surface area contributed by atoms with E-state index >= 15 is 0 Å². The average Bonchev–Trinajstić information content (AvgIpc) is 2.36. The minimum Gasteiger partial charge on any atom is -0.468 e. The number of piperidine rings is 1. The first-order chi connectivity index (χ1) is 9.24. The zero-order valence-corrected chi connectivity index (χ0v) is 12.4. The Balaban J connectivity index is 2.62. The summed E-state index contributed by atoms with van der Waals surface area (Å²) in [6.07, 6.45) is -0.570. The van der Waals surface area contributed by atoms with E-state index in [1.807, 2.05) is 0 Å². The molecule has 0 unspecified atom stereocenters. The fourth-order valence-electron chi connectivity index (χ4n) is 2.29. The van der Waals surface area contributed by atoms with Gasteiger partial charge in [-0.25, -0.2) is 21.5 Å². The summed E-state index contributed by atoms with van der Waals surface area (Å²) in [4.78, 5) is 12.6. The Morgan fingerprint density at radius 1 is 1.40 bits per heavy atom. The van der Waals surface area contributed by atoms with Crippen LogP contribution in [0.5, 0.6) is 0 Å². The summed E-state index contributed by atoms with van der Waals surface area (Å²) in [5.74, 6) is -0.573. The summed E-state index contributed by atoms with van der Waals surface area (Å²) in [5, 5.41) is 0. The quantitative estimate of drug-likeness (QED) is 0.653. The molecule has 1 rings (SSSR count). The van der Waals surface area contributed by atoms with E-state index in [-0.39, 0.29) is 25.7 Å². The van der Waals surface area contributed by atoms with Crippen molar-refractivity contribution in [2.45, 2.75) is 25.3 Å². The van der Waals surface area contributed by atoms with E-state index in [4.69, 9.17) is 0 Å². The highest BCUT2D eigenvalue weighted by molar-refractivity contribution is 7.88. The van der Waals surface area contributed by atoms with Gasteiger partial charge in [-0.15, -0.1) is 0 Å². The molecule has 1 heterocycles. The van der Waals surface area contributed by atoms with Crippen molar-refractivity contribution in [1.29, 1.82) is 0 Å². The number of rotatable bonds is 6. The number of halogens is 2. The molecule has 0 radical (unpaired) electrons. The number of hydrogen-bond acceptors (Lipinski definition) is 5. The second kappa shape index (κ2) is 7.28. The molecule has 0 aromatic heterocycles. The van der Waals surface area contributed by atoms with Gasteiger partial charge < -0.3 is 4.74 Å². The topological polar surface area (TPSA) is 66.9 Å². The number of ether oxygens (including phenoxy) is 1. The maximum atomic E-state index is 12.6. The number of carbonyl (C=O) groups excluding carboxylic acids is 1. The third-order valence-electron chi connectivity index (χ3n) is 3.34. The van der Waals surface area contributed by atoms with Crippen LogP contribution >= 0.6 is 0 Å². The van der Waals surface area contributed by atoms with Gasteiger partial charge in [0.05, 0.1) is 26.5 Å². The van der Waals surface area contributed by atoms with Crippen LogP contribution in [0.4, 0.5) is 8.78 Å². The van der Waals surface area contributed by atoms with Gasteiger partial charge in [0, 0.05) is 19.1 Å². The monoisotopic (exact) mass is 314 g/mol. The fourth-order valence-corrected chi connectivity index (χ4v) is 3.16. The van der Waals surface area contributed by atoms with Gasteiger partial charge in [0.1, 0.15) is 0 Å². The van der Waals surface area contributed by atoms with Crippen LogP contribution in [0, 0.1) is 0 Å². The van der Waals surface area contributed by atoms with Gasteiger partial charge >= 0.3 is 5.97 Å². The Morgan fingerprint density at radius 2 is 1.95 bits per heavy atom. The Morgan fingerprint density at radius 3 is 2.35 bits per heavy atom. The van der Waals surface area contributed by atoms with Crippen LogP contribution in [-0.2, 0) is 19.6 Å². The molecule has 0 aromatic rings. The predicted molar refractivity (Wildman–Crippen MR) is 69.0 cm³/mol. The summed E-state index contributed by atoms with van der Waals surface area (Å²) in [6, 6.07) is -0.235. The molecule has 0 atom stereocenters. The first-order valence-electron chi connectivity index (χ1n) is 6.28. The van der Waals surface area contributed by atoms with Gasteiger partial charge in [0.2, 0.25) is 10.0 Å². The lowest BCUT2D eigenvalue weighted by molar-refractivity contribution is -0.143. The Kier molecular flexibility index (Phi) is 6.28. The number of carbonyl (C=O) groups is 1. The van der Waals surface area contributed by atoms with Crippen LogP contribution in [0.2, 0.25) is 0 Å². The minimum absolute atomic E-state index is 0.204. The van der Waals surface area contributed by atoms with Crippen LogP contribution < -0.4 is 0 Å². The molecule has 0 aromatic carbocycles. The Hall–Kier alpha value is -0.800. The van der Waals surface area contributed by atoms with Crippen molar-refractivity contribution in [1.82, 2.24) is 9.21 Å². The standard InChI is InChI=1S/C11H20F2N2O4S/c1-19-11(16)8-14(7-10(12)13)9-3-5-15(6-4-9)20(2,17)18/h9-10H,3-8H2,1-2H3. The largest absolute Gasteiger partial charge is 0.468 e. The van der Waals surface area contributed by atoms with Crippen molar-refractivity contribution in [3.05, 3.63) is 0 Å². The maximum Gasteiger partial charge on any atom is 0.319 e. The van der Waals surface area contributed by atoms with Crippen molar-refractivity contribution in [2.24, 2.45) is 0 Å². The van der Waals surface area contributed by atoms with E-state index in [1.54, 1.807) is 0 Å². The summed E-state index contributed by atoms with van der Waals surface area (Å²) in [6.45, 7) is -0.155. The zero-order chi connectivity index (χ0) is 15.3. The third-order valence-corrected chi connectivity index (χ3v) is 4.64. The van der Waals surface area contributed by atoms with Gasteiger partial charge in [-0.05, 0) is 12.8 Å². The van der Waals surface area contributed by atoms with Gasteiger partial charge in [0.25, 0.3) is 6.43 Å². The average molecular weight is 314 g/mol. The predicted octanol–water partition coefficient (Wildman–Crippen LogP) is 0.151. The number of methoxy groups -OCH3 is 1. The highest BCUT2D eigenvalue weighted by Crippen LogP contribution is 2.19. The lowest BCUT2D eigenvalue weighted by Gasteiger charge is -2.36. The van der Waals surface area contributed by atoms with Crippen LogP contribution in [-0.4, -0.2) is 75.6 Å². The second-order valence-corrected chi connectivity index (χ2v) is 6.77. The molecule has 0 N–H and O–H groups in total. The normalized spacial score (nSPS) is 18.7. The molecule has 20 heavy (non-hydrogen) atoms. The molecule has 118 valence electrons. The molecule has 9 heteroatoms. The summed E-state index contributed by atoms with van der Waals surface area (Å²) in [5.41, 5.74) is 0. The Bertz CT molecular complexity index is 422. The van der Waals surface area contributed by atoms with E-state index in [9.17, 15) is 22.0 Å². The molecular weight excluding hydrogens is 294 g/mol. The molecule has 0 saturated carbocycles. The molecule has 0 spiro atoms. The van der Waals surface area contributed by atoms with Gasteiger partial charge in [-0.1, -0.05) is 0 Å². The first kappa shape index (κ1) is 17.3. The van der Waals surface area contributed by atoms with Crippen molar-refractivity contribution in [2.75, 3.05) is 39.5 Å². The molecule has 0 aliphatic carbocycles. The molecule has 0 amide bonds. The third kappa shape index (κ3) is 5.29. The van der Waals surface area contributed by atoms with E-state index in [0.717, 1.165) is 6.26 Å². The summed E-state index contributed by atoms with van der Waals surface area (Å²) in [7, 11) is -2.05. The molecular formula is C11H20F2N2O4S. The number of sulfonamides is 1. The SMILES string of the molecule is COC(=O)CN(CC(F)F)C1CCN(S(C)(=O)=O)CC1. The minimum atomic E-state index is -3.25. The van der Waals surface area contributed by atoms with Gasteiger partial charge in [-0.2, -0.15) is 0 Å². The van der Waals surface area contributed by atoms with Crippen LogP contribution in [0.25, 0.3) is 0 Å². The number of nitrogens with zero attached hydrogens (tertiary/aromatic N) is 2. The molecule has 0 bridgehead atoms. The van der Waals surface area contributed by atoms with E-state index in [0.29, 0.717) is 12.8 Å². The zero-order valence-electron chi connectivity index (χ0n) is 11.6. The Labute approximate surface area is 117 Å². The first-order valence-corrected chi connectivity index (χ1v) is 8.13. The molecule has 6 nitrogen and oxygen atoms in total. The highest BCUT2D eigenvalue weighted by Gasteiger charge is 2.30. The second-order valence-electron chi connectivity index (χ2n) is 4.79. The molecule has 1 aliphatic rings. The fraction of sp³-hybridized carbons (Fsp3) is 0.909.